The topological polar surface area (TPSA) is 110 Å². The number of nitrogens with zero attached hydrogens (tertiary/aromatic N) is 7. The van der Waals surface area contributed by atoms with E-state index in [0.717, 1.165) is 50.5 Å². The van der Waals surface area contributed by atoms with E-state index in [2.05, 4.69) is 47.0 Å². The second-order valence-electron chi connectivity index (χ2n) is 9.79. The zero-order valence-corrected chi connectivity index (χ0v) is 21.8. The molecular weight excluding hydrogens is 456 g/mol. The first-order valence-electron chi connectivity index (χ1n) is 12.4. The van der Waals surface area contributed by atoms with E-state index in [1.807, 2.05) is 43.9 Å². The molecule has 36 heavy (non-hydrogen) atoms. The highest BCUT2D eigenvalue weighted by Crippen LogP contribution is 2.34. The number of aliphatic hydroxyl groups excluding tert-OH is 1. The van der Waals surface area contributed by atoms with E-state index >= 15 is 0 Å². The molecule has 0 saturated heterocycles. The number of fused-ring (bicyclic) bond motifs is 4. The Balaban J connectivity index is 1.72. The fourth-order valence-electron chi connectivity index (χ4n) is 4.94. The number of aliphatic hydroxyl groups is 1. The van der Waals surface area contributed by atoms with Crippen molar-refractivity contribution < 1.29 is 9.84 Å². The Morgan fingerprint density at radius 1 is 1.19 bits per heavy atom. The van der Waals surface area contributed by atoms with Crippen LogP contribution in [0, 0.1) is 13.8 Å². The molecule has 0 unspecified atom stereocenters. The van der Waals surface area contributed by atoms with Crippen LogP contribution < -0.4 is 4.74 Å². The lowest BCUT2D eigenvalue weighted by atomic mass is 10.1. The van der Waals surface area contributed by atoms with Gasteiger partial charge in [0.15, 0.2) is 0 Å². The summed E-state index contributed by atoms with van der Waals surface area (Å²) >= 11 is 0. The summed E-state index contributed by atoms with van der Waals surface area (Å²) in [5.74, 6) is 0.702. The standard InChI is InChI=1S/C26H34N8O2/c1-15(2)33-13-16(3)36-26-25(18(5)30-32(26)6)22-11-20-21(28-29-23(20)12-27-22)8-7-19-17(4)31-34(9-10-35)24(19)14-33/h7-8,11-12,15-16,35H,9-10,13-14H2,1-6H3,(H,28,29)/b8-7+/t16-/m1/s1. The number of hydrogen-bond donors (Lipinski definition) is 2. The number of aromatic amines is 1. The fourth-order valence-corrected chi connectivity index (χ4v) is 4.94. The van der Waals surface area contributed by atoms with Crippen LogP contribution in [0.15, 0.2) is 12.3 Å². The van der Waals surface area contributed by atoms with Crippen LogP contribution in [-0.2, 0) is 20.1 Å². The Hall–Kier alpha value is -3.50. The van der Waals surface area contributed by atoms with Crippen molar-refractivity contribution in [2.24, 2.45) is 7.05 Å². The Morgan fingerprint density at radius 2 is 2.00 bits per heavy atom. The predicted octanol–water partition coefficient (Wildman–Crippen LogP) is 3.33. The molecule has 10 heteroatoms. The molecule has 5 heterocycles. The smallest absolute Gasteiger partial charge is 0.221 e. The van der Waals surface area contributed by atoms with Crippen molar-refractivity contribution in [1.29, 1.82) is 0 Å². The summed E-state index contributed by atoms with van der Waals surface area (Å²) in [7, 11) is 1.90. The van der Waals surface area contributed by atoms with E-state index in [9.17, 15) is 5.11 Å². The van der Waals surface area contributed by atoms with Crippen LogP contribution in [0.4, 0.5) is 0 Å². The molecule has 0 fully saturated rings. The van der Waals surface area contributed by atoms with Crippen LogP contribution in [0.25, 0.3) is 34.3 Å². The SMILES string of the molecule is Cc1nn(CCO)c2c1/C=C/c1n[nH]c3cnc(cc13)-c1c(C)nn(C)c1O[C@H](C)CN(C(C)C)C2. The third kappa shape index (κ3) is 4.31. The van der Waals surface area contributed by atoms with Gasteiger partial charge in [-0.3, -0.25) is 19.7 Å². The summed E-state index contributed by atoms with van der Waals surface area (Å²) in [4.78, 5) is 7.09. The molecule has 2 bridgehead atoms. The molecule has 0 saturated carbocycles. The van der Waals surface area contributed by atoms with Crippen molar-refractivity contribution in [3.05, 3.63) is 40.6 Å². The third-order valence-electron chi connectivity index (χ3n) is 6.79. The maximum absolute atomic E-state index is 9.69. The second-order valence-corrected chi connectivity index (χ2v) is 9.79. The van der Waals surface area contributed by atoms with Gasteiger partial charge in [-0.2, -0.15) is 15.3 Å². The van der Waals surface area contributed by atoms with Crippen LogP contribution >= 0.6 is 0 Å². The van der Waals surface area contributed by atoms with Gasteiger partial charge in [-0.05, 0) is 52.8 Å². The molecule has 10 nitrogen and oxygen atoms in total. The van der Waals surface area contributed by atoms with Gasteiger partial charge in [-0.15, -0.1) is 0 Å². The lowest BCUT2D eigenvalue weighted by molar-refractivity contribution is 0.109. The number of nitrogens with one attached hydrogen (secondary N) is 1. The molecule has 5 rings (SSSR count). The Kier molecular flexibility index (Phi) is 6.40. The van der Waals surface area contributed by atoms with Crippen molar-refractivity contribution in [2.75, 3.05) is 13.2 Å². The summed E-state index contributed by atoms with van der Waals surface area (Å²) in [6, 6.07) is 2.32. The van der Waals surface area contributed by atoms with Crippen LogP contribution in [0.2, 0.25) is 0 Å². The Bertz CT molecular complexity index is 1430. The van der Waals surface area contributed by atoms with E-state index in [0.29, 0.717) is 25.5 Å². The zero-order valence-electron chi connectivity index (χ0n) is 21.8. The molecule has 1 aliphatic heterocycles. The van der Waals surface area contributed by atoms with Gasteiger partial charge in [0.2, 0.25) is 5.88 Å². The minimum Gasteiger partial charge on any atom is -0.473 e. The summed E-state index contributed by atoms with van der Waals surface area (Å²) in [6.45, 7) is 12.3. The van der Waals surface area contributed by atoms with E-state index in [4.69, 9.17) is 14.8 Å². The van der Waals surface area contributed by atoms with Gasteiger partial charge in [0.1, 0.15) is 6.10 Å². The lowest BCUT2D eigenvalue weighted by Gasteiger charge is -2.30. The number of ether oxygens (including phenoxy) is 1. The third-order valence-corrected chi connectivity index (χ3v) is 6.79. The Labute approximate surface area is 210 Å². The molecule has 0 aromatic carbocycles. The van der Waals surface area contributed by atoms with Gasteiger partial charge in [-0.25, -0.2) is 4.68 Å². The maximum Gasteiger partial charge on any atom is 0.221 e. The summed E-state index contributed by atoms with van der Waals surface area (Å²) < 4.78 is 10.2. The Morgan fingerprint density at radius 3 is 2.75 bits per heavy atom. The number of pyridine rings is 1. The van der Waals surface area contributed by atoms with Gasteiger partial charge in [0.05, 0.1) is 58.9 Å². The molecule has 2 N–H and O–H groups in total. The van der Waals surface area contributed by atoms with Gasteiger partial charge >= 0.3 is 0 Å². The number of rotatable bonds is 3. The predicted molar refractivity (Wildman–Crippen MR) is 139 cm³/mol. The van der Waals surface area contributed by atoms with E-state index in [1.165, 1.54) is 0 Å². The molecule has 1 aliphatic rings. The monoisotopic (exact) mass is 490 g/mol. The van der Waals surface area contributed by atoms with Gasteiger partial charge in [0.25, 0.3) is 0 Å². The summed E-state index contributed by atoms with van der Waals surface area (Å²) in [5.41, 5.74) is 7.27. The number of hydrogen-bond acceptors (Lipinski definition) is 7. The average Bonchev–Trinajstić information content (AvgIpc) is 3.44. The van der Waals surface area contributed by atoms with Crippen molar-refractivity contribution in [3.63, 3.8) is 0 Å². The molecule has 0 amide bonds. The van der Waals surface area contributed by atoms with Crippen LogP contribution in [0.3, 0.4) is 0 Å². The number of H-pyrrole nitrogens is 1. The fraction of sp³-hybridized carbons (Fsp3) is 0.462. The van der Waals surface area contributed by atoms with Crippen molar-refractivity contribution in [3.8, 4) is 17.1 Å². The van der Waals surface area contributed by atoms with Crippen LogP contribution in [-0.4, -0.2) is 70.0 Å². The van der Waals surface area contributed by atoms with Gasteiger partial charge < -0.3 is 9.84 Å². The van der Waals surface area contributed by atoms with Crippen LogP contribution in [0.1, 0.15) is 49.1 Å². The number of aryl methyl sites for hydroxylation is 3. The van der Waals surface area contributed by atoms with E-state index in [-0.39, 0.29) is 18.8 Å². The normalized spacial score (nSPS) is 17.6. The van der Waals surface area contributed by atoms with E-state index in [1.54, 1.807) is 4.68 Å². The minimum atomic E-state index is -0.103. The average molecular weight is 491 g/mol. The summed E-state index contributed by atoms with van der Waals surface area (Å²) in [5, 5.41) is 27.7. The first kappa shape index (κ1) is 24.2. The maximum atomic E-state index is 9.69. The largest absolute Gasteiger partial charge is 0.473 e. The first-order chi connectivity index (χ1) is 17.3. The van der Waals surface area contributed by atoms with Crippen LogP contribution in [0.5, 0.6) is 5.88 Å². The summed E-state index contributed by atoms with van der Waals surface area (Å²) in [6.07, 6.45) is 5.81. The molecule has 190 valence electrons. The number of aromatic nitrogens is 7. The molecular formula is C26H34N8O2. The van der Waals surface area contributed by atoms with Crippen molar-refractivity contribution in [2.45, 2.75) is 59.9 Å². The molecule has 0 spiro atoms. The lowest BCUT2D eigenvalue weighted by Crippen LogP contribution is -2.39. The molecule has 1 atom stereocenters. The highest BCUT2D eigenvalue weighted by molar-refractivity contribution is 5.92. The molecule has 0 radical (unpaired) electrons. The van der Waals surface area contributed by atoms with Crippen molar-refractivity contribution >= 4 is 23.1 Å². The molecule has 4 aromatic heterocycles. The second kappa shape index (κ2) is 9.51. The highest BCUT2D eigenvalue weighted by atomic mass is 16.5. The van der Waals surface area contributed by atoms with Gasteiger partial charge in [-0.1, -0.05) is 0 Å². The zero-order chi connectivity index (χ0) is 25.6. The minimum absolute atomic E-state index is 0.0286. The quantitative estimate of drug-likeness (QED) is 0.453. The van der Waals surface area contributed by atoms with Gasteiger partial charge in [0, 0.05) is 37.1 Å². The molecule has 4 aromatic rings. The molecule has 0 aliphatic carbocycles. The van der Waals surface area contributed by atoms with Crippen molar-refractivity contribution in [1.82, 2.24) is 39.6 Å². The highest BCUT2D eigenvalue weighted by Gasteiger charge is 2.25. The first-order valence-corrected chi connectivity index (χ1v) is 12.4. The van der Waals surface area contributed by atoms with E-state index < -0.39 is 0 Å².